The molecule has 0 aliphatic rings. The lowest BCUT2D eigenvalue weighted by molar-refractivity contribution is -0.144. The van der Waals surface area contributed by atoms with Crippen molar-refractivity contribution in [1.29, 1.82) is 0 Å². The molecule has 0 saturated heterocycles. The van der Waals surface area contributed by atoms with Crippen molar-refractivity contribution < 1.29 is 26.3 Å². The van der Waals surface area contributed by atoms with Gasteiger partial charge in [0.1, 0.15) is 5.82 Å². The first-order valence-electron chi connectivity index (χ1n) is 7.75. The maximum atomic E-state index is 12.8. The molecule has 27 heavy (non-hydrogen) atoms. The van der Waals surface area contributed by atoms with Gasteiger partial charge in [-0.1, -0.05) is 12.1 Å². The molecule has 0 saturated carbocycles. The zero-order chi connectivity index (χ0) is 19.8. The van der Waals surface area contributed by atoms with Gasteiger partial charge in [-0.05, 0) is 31.0 Å². The van der Waals surface area contributed by atoms with E-state index in [2.05, 4.69) is 20.4 Å². The Morgan fingerprint density at radius 1 is 1.04 bits per heavy atom. The molecule has 2 aromatic heterocycles. The van der Waals surface area contributed by atoms with E-state index in [-0.39, 0.29) is 18.0 Å². The molecule has 0 atom stereocenters. The molecular formula is C16H13F6N5. The van der Waals surface area contributed by atoms with E-state index in [1.54, 1.807) is 25.1 Å². The number of rotatable bonds is 4. The average Bonchev–Trinajstić information content (AvgIpc) is 2.97. The number of hydrogen-bond acceptors (Lipinski definition) is 4. The summed E-state index contributed by atoms with van der Waals surface area (Å²) in [7, 11) is 0. The van der Waals surface area contributed by atoms with E-state index in [0.717, 1.165) is 4.52 Å². The zero-order valence-electron chi connectivity index (χ0n) is 13.9. The number of benzene rings is 1. The van der Waals surface area contributed by atoms with Crippen LogP contribution in [0.25, 0.3) is 5.78 Å². The number of halogens is 6. The van der Waals surface area contributed by atoms with Crippen LogP contribution in [0.3, 0.4) is 0 Å². The molecule has 11 heteroatoms. The van der Waals surface area contributed by atoms with Crippen LogP contribution >= 0.6 is 0 Å². The predicted octanol–water partition coefficient (Wildman–Crippen LogP) is 4.69. The van der Waals surface area contributed by atoms with Crippen LogP contribution in [0, 0.1) is 6.92 Å². The van der Waals surface area contributed by atoms with E-state index < -0.39 is 24.6 Å². The summed E-state index contributed by atoms with van der Waals surface area (Å²) in [5, 5.41) is 6.28. The van der Waals surface area contributed by atoms with Gasteiger partial charge in [0.05, 0.1) is 0 Å². The Bertz CT molecular complexity index is 960. The molecule has 144 valence electrons. The summed E-state index contributed by atoms with van der Waals surface area (Å²) in [6.45, 7) is 1.58. The third kappa shape index (κ3) is 4.66. The van der Waals surface area contributed by atoms with E-state index in [4.69, 9.17) is 0 Å². The molecule has 0 unspecified atom stereocenters. The standard InChI is InChI=1S/C16H13F6N5/c1-9-7-12(27-14(23-9)25-13(26-27)16(20,21)22)24-11-4-2-3-10(8-11)5-6-15(17,18)19/h2-4,7-8,24H,5-6H2,1H3. The molecule has 0 spiro atoms. The smallest absolute Gasteiger partial charge is 0.340 e. The minimum absolute atomic E-state index is 0.161. The van der Waals surface area contributed by atoms with Gasteiger partial charge in [0.2, 0.25) is 0 Å². The van der Waals surface area contributed by atoms with Crippen LogP contribution in [0.2, 0.25) is 0 Å². The first kappa shape index (κ1) is 18.9. The average molecular weight is 389 g/mol. The van der Waals surface area contributed by atoms with Crippen molar-refractivity contribution in [2.24, 2.45) is 0 Å². The maximum absolute atomic E-state index is 12.8. The van der Waals surface area contributed by atoms with Gasteiger partial charge in [0.15, 0.2) is 0 Å². The number of fused-ring (bicyclic) bond motifs is 1. The number of nitrogens with one attached hydrogen (secondary N) is 1. The van der Waals surface area contributed by atoms with Crippen molar-refractivity contribution in [3.63, 3.8) is 0 Å². The van der Waals surface area contributed by atoms with Crippen LogP contribution in [0.1, 0.15) is 23.5 Å². The number of aromatic nitrogens is 4. The van der Waals surface area contributed by atoms with E-state index in [9.17, 15) is 26.3 Å². The minimum Gasteiger partial charge on any atom is -0.340 e. The van der Waals surface area contributed by atoms with E-state index >= 15 is 0 Å². The molecule has 1 N–H and O–H groups in total. The Labute approximate surface area is 149 Å². The van der Waals surface area contributed by atoms with Gasteiger partial charge in [0.25, 0.3) is 11.6 Å². The Morgan fingerprint density at radius 3 is 2.44 bits per heavy atom. The Morgan fingerprint density at radius 2 is 1.78 bits per heavy atom. The van der Waals surface area contributed by atoms with Gasteiger partial charge in [-0.3, -0.25) is 0 Å². The number of aryl methyl sites for hydroxylation is 2. The van der Waals surface area contributed by atoms with Crippen molar-refractivity contribution in [3.8, 4) is 0 Å². The second kappa shape index (κ2) is 6.71. The molecule has 0 radical (unpaired) electrons. The fourth-order valence-electron chi connectivity index (χ4n) is 2.43. The SMILES string of the molecule is Cc1cc(Nc2cccc(CCC(F)(F)F)c2)n2nc(C(F)(F)F)nc2n1. The van der Waals surface area contributed by atoms with Crippen LogP contribution in [0.4, 0.5) is 37.8 Å². The van der Waals surface area contributed by atoms with Crippen molar-refractivity contribution >= 4 is 17.3 Å². The lowest BCUT2D eigenvalue weighted by Gasteiger charge is -2.11. The Balaban J connectivity index is 1.91. The normalized spacial score (nSPS) is 12.6. The highest BCUT2D eigenvalue weighted by atomic mass is 19.4. The summed E-state index contributed by atoms with van der Waals surface area (Å²) in [5.41, 5.74) is 1.25. The quantitative estimate of drug-likeness (QED) is 0.658. The van der Waals surface area contributed by atoms with Gasteiger partial charge in [-0.25, -0.2) is 4.98 Å². The van der Waals surface area contributed by atoms with Crippen molar-refractivity contribution in [2.75, 3.05) is 5.32 Å². The fraction of sp³-hybridized carbons (Fsp3) is 0.312. The van der Waals surface area contributed by atoms with Crippen LogP contribution in [-0.4, -0.2) is 25.8 Å². The van der Waals surface area contributed by atoms with E-state index in [1.807, 2.05) is 0 Å². The Kier molecular flexibility index (Phi) is 4.70. The van der Waals surface area contributed by atoms with Gasteiger partial charge in [0, 0.05) is 23.9 Å². The number of alkyl halides is 6. The molecule has 3 rings (SSSR count). The van der Waals surface area contributed by atoms with Crippen LogP contribution < -0.4 is 5.32 Å². The maximum Gasteiger partial charge on any atom is 0.453 e. The highest BCUT2D eigenvalue weighted by Crippen LogP contribution is 2.28. The summed E-state index contributed by atoms with van der Waals surface area (Å²) < 4.78 is 76.5. The number of nitrogens with zero attached hydrogens (tertiary/aromatic N) is 4. The molecule has 0 bridgehead atoms. The lowest BCUT2D eigenvalue weighted by Crippen LogP contribution is -2.09. The van der Waals surface area contributed by atoms with Crippen molar-refractivity contribution in [1.82, 2.24) is 19.6 Å². The molecule has 5 nitrogen and oxygen atoms in total. The number of hydrogen-bond donors (Lipinski definition) is 1. The van der Waals surface area contributed by atoms with E-state index in [0.29, 0.717) is 16.9 Å². The first-order valence-corrected chi connectivity index (χ1v) is 7.75. The molecule has 0 aliphatic heterocycles. The van der Waals surface area contributed by atoms with E-state index in [1.165, 1.54) is 12.1 Å². The zero-order valence-corrected chi connectivity index (χ0v) is 13.9. The van der Waals surface area contributed by atoms with Crippen molar-refractivity contribution in [3.05, 3.63) is 47.4 Å². The second-order valence-corrected chi connectivity index (χ2v) is 5.87. The topological polar surface area (TPSA) is 55.1 Å². The largest absolute Gasteiger partial charge is 0.453 e. The molecule has 1 aromatic carbocycles. The van der Waals surface area contributed by atoms with Crippen LogP contribution in [0.15, 0.2) is 30.3 Å². The summed E-state index contributed by atoms with van der Waals surface area (Å²) in [6, 6.07) is 7.64. The lowest BCUT2D eigenvalue weighted by atomic mass is 10.1. The minimum atomic E-state index is -4.73. The molecule has 0 aliphatic carbocycles. The predicted molar refractivity (Wildman–Crippen MR) is 84.6 cm³/mol. The van der Waals surface area contributed by atoms with Crippen LogP contribution in [-0.2, 0) is 12.6 Å². The second-order valence-electron chi connectivity index (χ2n) is 5.87. The monoisotopic (exact) mass is 389 g/mol. The molecule has 3 aromatic rings. The van der Waals surface area contributed by atoms with Gasteiger partial charge >= 0.3 is 12.4 Å². The molecule has 0 fully saturated rings. The summed E-state index contributed by atoms with van der Waals surface area (Å²) >= 11 is 0. The molecular weight excluding hydrogens is 376 g/mol. The summed E-state index contributed by atoms with van der Waals surface area (Å²) in [6.07, 6.45) is -10.2. The Hall–Kier alpha value is -2.85. The van der Waals surface area contributed by atoms with Crippen molar-refractivity contribution in [2.45, 2.75) is 32.1 Å². The highest BCUT2D eigenvalue weighted by Gasteiger charge is 2.36. The number of anilines is 2. The summed E-state index contributed by atoms with van der Waals surface area (Å²) in [5.74, 6) is -1.41. The fourth-order valence-corrected chi connectivity index (χ4v) is 2.43. The van der Waals surface area contributed by atoms with Gasteiger partial charge < -0.3 is 5.32 Å². The molecule has 2 heterocycles. The third-order valence-electron chi connectivity index (χ3n) is 3.59. The first-order chi connectivity index (χ1) is 12.5. The molecule has 0 amide bonds. The highest BCUT2D eigenvalue weighted by molar-refractivity contribution is 5.59. The van der Waals surface area contributed by atoms with Crippen LogP contribution in [0.5, 0.6) is 0 Å². The van der Waals surface area contributed by atoms with Gasteiger partial charge in [-0.15, -0.1) is 5.10 Å². The van der Waals surface area contributed by atoms with Gasteiger partial charge in [-0.2, -0.15) is 35.8 Å². The summed E-state index contributed by atoms with van der Waals surface area (Å²) in [4.78, 5) is 7.28. The third-order valence-corrected chi connectivity index (χ3v) is 3.59.